The molecule has 25 heavy (non-hydrogen) atoms. The number of hydrogen-bond donors (Lipinski definition) is 2. The molecule has 1 atom stereocenters. The Morgan fingerprint density at radius 2 is 1.80 bits per heavy atom. The molecule has 0 saturated carbocycles. The average Bonchev–Trinajstić information content (AvgIpc) is 2.68. The highest BCUT2D eigenvalue weighted by Gasteiger charge is 2.21. The summed E-state index contributed by atoms with van der Waals surface area (Å²) in [7, 11) is -3.56. The lowest BCUT2D eigenvalue weighted by molar-refractivity contribution is 0.432. The van der Waals surface area contributed by atoms with Crippen LogP contribution in [0.15, 0.2) is 70.6 Å². The van der Waals surface area contributed by atoms with Crippen molar-refractivity contribution in [3.05, 3.63) is 66.4 Å². The van der Waals surface area contributed by atoms with E-state index in [4.69, 9.17) is 0 Å². The van der Waals surface area contributed by atoms with Gasteiger partial charge in [0.2, 0.25) is 9.84 Å². The standard InChI is InChI=1S/C19H19N3O2S/c23-25(24,15-6-2-1-3-7-15)16-11-14-5-4-8-17(19(14)22-12-16)18-13-20-9-10-21-18/h1-8,11-12,18,20-21H,9-10,13H2. The van der Waals surface area contributed by atoms with Crippen LogP contribution in [0.1, 0.15) is 11.6 Å². The lowest BCUT2D eigenvalue weighted by atomic mass is 10.0. The first-order chi connectivity index (χ1) is 12.2. The molecule has 0 radical (unpaired) electrons. The van der Waals surface area contributed by atoms with Gasteiger partial charge in [-0.15, -0.1) is 0 Å². The molecule has 2 aromatic carbocycles. The Balaban J connectivity index is 1.79. The fourth-order valence-corrected chi connectivity index (χ4v) is 4.46. The van der Waals surface area contributed by atoms with Crippen molar-refractivity contribution in [2.45, 2.75) is 15.8 Å². The molecule has 0 aliphatic carbocycles. The highest BCUT2D eigenvalue weighted by atomic mass is 32.2. The van der Waals surface area contributed by atoms with Crippen LogP contribution in [0.3, 0.4) is 0 Å². The van der Waals surface area contributed by atoms with E-state index < -0.39 is 9.84 Å². The van der Waals surface area contributed by atoms with E-state index in [1.165, 1.54) is 6.20 Å². The summed E-state index contributed by atoms with van der Waals surface area (Å²) < 4.78 is 25.6. The van der Waals surface area contributed by atoms with Crippen LogP contribution >= 0.6 is 0 Å². The monoisotopic (exact) mass is 353 g/mol. The largest absolute Gasteiger partial charge is 0.314 e. The van der Waals surface area contributed by atoms with Crippen molar-refractivity contribution in [1.29, 1.82) is 0 Å². The number of fused-ring (bicyclic) bond motifs is 1. The summed E-state index contributed by atoms with van der Waals surface area (Å²) in [5.74, 6) is 0. The van der Waals surface area contributed by atoms with Gasteiger partial charge >= 0.3 is 0 Å². The second kappa shape index (κ2) is 6.55. The third-order valence-corrected chi connectivity index (χ3v) is 6.23. The highest BCUT2D eigenvalue weighted by molar-refractivity contribution is 7.91. The Kier molecular flexibility index (Phi) is 4.25. The van der Waals surface area contributed by atoms with Gasteiger partial charge < -0.3 is 10.6 Å². The van der Waals surface area contributed by atoms with Crippen LogP contribution in [0.5, 0.6) is 0 Å². The summed E-state index contributed by atoms with van der Waals surface area (Å²) in [5, 5.41) is 7.68. The molecule has 2 heterocycles. The zero-order valence-corrected chi connectivity index (χ0v) is 14.5. The number of aromatic nitrogens is 1. The van der Waals surface area contributed by atoms with E-state index in [-0.39, 0.29) is 15.8 Å². The fourth-order valence-electron chi connectivity index (χ4n) is 3.20. The van der Waals surface area contributed by atoms with E-state index >= 15 is 0 Å². The van der Waals surface area contributed by atoms with Crippen molar-refractivity contribution in [3.8, 4) is 0 Å². The molecule has 2 N–H and O–H groups in total. The first-order valence-electron chi connectivity index (χ1n) is 8.29. The number of sulfone groups is 1. The number of piperazine rings is 1. The summed E-state index contributed by atoms with van der Waals surface area (Å²) >= 11 is 0. The van der Waals surface area contributed by atoms with E-state index in [1.54, 1.807) is 36.4 Å². The number of benzene rings is 2. The molecular formula is C19H19N3O2S. The quantitative estimate of drug-likeness (QED) is 0.756. The summed E-state index contributed by atoms with van der Waals surface area (Å²) in [4.78, 5) is 5.00. The maximum atomic E-state index is 12.8. The Labute approximate surface area is 147 Å². The van der Waals surface area contributed by atoms with Crippen molar-refractivity contribution in [3.63, 3.8) is 0 Å². The van der Waals surface area contributed by atoms with Gasteiger partial charge in [-0.1, -0.05) is 36.4 Å². The third kappa shape index (κ3) is 3.04. The van der Waals surface area contributed by atoms with Gasteiger partial charge in [0.25, 0.3) is 0 Å². The van der Waals surface area contributed by atoms with Crippen molar-refractivity contribution in [2.24, 2.45) is 0 Å². The Hall–Kier alpha value is -2.28. The number of pyridine rings is 1. The Morgan fingerprint density at radius 3 is 2.56 bits per heavy atom. The van der Waals surface area contributed by atoms with Gasteiger partial charge in [-0.05, 0) is 23.8 Å². The van der Waals surface area contributed by atoms with E-state index in [0.29, 0.717) is 0 Å². The second-order valence-corrected chi connectivity index (χ2v) is 8.07. The van der Waals surface area contributed by atoms with Crippen LogP contribution in [-0.4, -0.2) is 33.0 Å². The van der Waals surface area contributed by atoms with E-state index in [0.717, 1.165) is 36.1 Å². The molecule has 0 bridgehead atoms. The predicted octanol–water partition coefficient (Wildman–Crippen LogP) is 2.30. The molecule has 4 rings (SSSR count). The maximum Gasteiger partial charge on any atom is 0.208 e. The summed E-state index contributed by atoms with van der Waals surface area (Å²) in [5.41, 5.74) is 1.93. The molecule has 1 aliphatic heterocycles. The summed E-state index contributed by atoms with van der Waals surface area (Å²) in [6.45, 7) is 2.69. The van der Waals surface area contributed by atoms with Gasteiger partial charge in [-0.2, -0.15) is 0 Å². The molecule has 1 fully saturated rings. The van der Waals surface area contributed by atoms with Crippen LogP contribution in [0.4, 0.5) is 0 Å². The zero-order chi connectivity index (χ0) is 17.3. The molecule has 6 heteroatoms. The summed E-state index contributed by atoms with van der Waals surface area (Å²) in [6.07, 6.45) is 1.46. The Bertz CT molecular complexity index is 998. The van der Waals surface area contributed by atoms with Crippen LogP contribution < -0.4 is 10.6 Å². The van der Waals surface area contributed by atoms with Crippen LogP contribution in [0.2, 0.25) is 0 Å². The highest BCUT2D eigenvalue weighted by Crippen LogP contribution is 2.27. The number of hydrogen-bond acceptors (Lipinski definition) is 5. The van der Waals surface area contributed by atoms with Crippen LogP contribution in [-0.2, 0) is 9.84 Å². The first kappa shape index (κ1) is 16.2. The fraction of sp³-hybridized carbons (Fsp3) is 0.211. The average molecular weight is 353 g/mol. The number of nitrogens with zero attached hydrogens (tertiary/aromatic N) is 1. The summed E-state index contributed by atoms with van der Waals surface area (Å²) in [6, 6.07) is 16.3. The topological polar surface area (TPSA) is 71.1 Å². The molecule has 5 nitrogen and oxygen atoms in total. The van der Waals surface area contributed by atoms with Gasteiger partial charge in [0.15, 0.2) is 0 Å². The SMILES string of the molecule is O=S(=O)(c1ccccc1)c1cnc2c(C3CNCCN3)cccc2c1. The van der Waals surface area contributed by atoms with Gasteiger partial charge in [-0.3, -0.25) is 4.98 Å². The number of para-hydroxylation sites is 1. The van der Waals surface area contributed by atoms with Crippen molar-refractivity contribution < 1.29 is 8.42 Å². The molecule has 0 spiro atoms. The molecule has 1 saturated heterocycles. The first-order valence-corrected chi connectivity index (χ1v) is 9.77. The second-order valence-electron chi connectivity index (χ2n) is 6.12. The van der Waals surface area contributed by atoms with E-state index in [2.05, 4.69) is 15.6 Å². The molecule has 0 amide bonds. The molecule has 128 valence electrons. The minimum atomic E-state index is -3.56. The van der Waals surface area contributed by atoms with Crippen LogP contribution in [0.25, 0.3) is 10.9 Å². The normalized spacial score (nSPS) is 18.3. The van der Waals surface area contributed by atoms with Gasteiger partial charge in [0, 0.05) is 37.3 Å². The van der Waals surface area contributed by atoms with Gasteiger partial charge in [-0.25, -0.2) is 8.42 Å². The van der Waals surface area contributed by atoms with Crippen molar-refractivity contribution in [1.82, 2.24) is 15.6 Å². The van der Waals surface area contributed by atoms with Crippen LogP contribution in [0, 0.1) is 0 Å². The molecular weight excluding hydrogens is 334 g/mol. The van der Waals surface area contributed by atoms with Gasteiger partial charge in [0.1, 0.15) is 0 Å². The van der Waals surface area contributed by atoms with E-state index in [1.807, 2.05) is 18.2 Å². The molecule has 1 aliphatic rings. The minimum absolute atomic E-state index is 0.182. The van der Waals surface area contributed by atoms with Gasteiger partial charge in [0.05, 0.1) is 15.3 Å². The lowest BCUT2D eigenvalue weighted by Gasteiger charge is -2.25. The maximum absolute atomic E-state index is 12.8. The zero-order valence-electron chi connectivity index (χ0n) is 13.6. The lowest BCUT2D eigenvalue weighted by Crippen LogP contribution is -2.42. The molecule has 1 aromatic heterocycles. The van der Waals surface area contributed by atoms with Crippen molar-refractivity contribution >= 4 is 20.7 Å². The number of rotatable bonds is 3. The van der Waals surface area contributed by atoms with Crippen molar-refractivity contribution in [2.75, 3.05) is 19.6 Å². The van der Waals surface area contributed by atoms with E-state index in [9.17, 15) is 8.42 Å². The molecule has 1 unspecified atom stereocenters. The third-order valence-electron chi connectivity index (χ3n) is 4.50. The Morgan fingerprint density at radius 1 is 0.960 bits per heavy atom. The smallest absolute Gasteiger partial charge is 0.208 e. The predicted molar refractivity (Wildman–Crippen MR) is 97.3 cm³/mol. The molecule has 3 aromatic rings. The number of nitrogens with one attached hydrogen (secondary N) is 2. The minimum Gasteiger partial charge on any atom is -0.314 e.